The van der Waals surface area contributed by atoms with Crippen molar-refractivity contribution in [1.29, 1.82) is 0 Å². The molecule has 2 rings (SSSR count). The molecule has 0 radical (unpaired) electrons. The summed E-state index contributed by atoms with van der Waals surface area (Å²) in [5.41, 5.74) is 0.514. The maximum absolute atomic E-state index is 13.2. The fourth-order valence-corrected chi connectivity index (χ4v) is 5.68. The number of H-pyrrole nitrogens is 1. The quantitative estimate of drug-likeness (QED) is 0.0500. The molecule has 0 saturated carbocycles. The van der Waals surface area contributed by atoms with Crippen LogP contribution < -0.4 is 5.56 Å². The Balaban J connectivity index is 1.93. The van der Waals surface area contributed by atoms with E-state index in [4.69, 9.17) is 26.4 Å². The minimum atomic E-state index is -1.10. The van der Waals surface area contributed by atoms with Gasteiger partial charge in [0.2, 0.25) is 0 Å². The van der Waals surface area contributed by atoms with Crippen LogP contribution in [0.3, 0.4) is 0 Å². The Morgan fingerprint density at radius 3 is 2.09 bits per heavy atom. The molecule has 2 aromatic heterocycles. The van der Waals surface area contributed by atoms with Crippen molar-refractivity contribution in [2.24, 2.45) is 5.92 Å². The Bertz CT molecular complexity index is 1250. The van der Waals surface area contributed by atoms with Gasteiger partial charge in [0.25, 0.3) is 5.56 Å². The number of carbonyl (C=O) groups excluding carboxylic acids is 2. The van der Waals surface area contributed by atoms with Crippen LogP contribution in [0.15, 0.2) is 17.1 Å². The Hall–Kier alpha value is -2.50. The van der Waals surface area contributed by atoms with E-state index in [1.54, 1.807) is 23.8 Å². The van der Waals surface area contributed by atoms with Crippen LogP contribution in [0, 0.1) is 10.7 Å². The number of rotatable bonds is 25. The molecule has 2 heterocycles. The zero-order valence-electron chi connectivity index (χ0n) is 28.0. The van der Waals surface area contributed by atoms with E-state index < -0.39 is 29.5 Å². The number of fused-ring (bicyclic) bond motifs is 1. The molecule has 0 amide bonds. The third-order valence-corrected chi connectivity index (χ3v) is 8.46. The standard InChI is InChI=1S/C34H57N3O7S/c1-5-7-8-9-10-11-12-13-14-15-16-17-18-19-28(33(41)44-27(6-2)24-38)32(40)43-25-36-21-20-29-30(36)31(39)35-34(45)37(29)22-23-42-26(3)4/h20-21,26-28,38H,5-19,22-25H2,1-4H3,(H,35,39,45). The molecule has 0 fully saturated rings. The van der Waals surface area contributed by atoms with E-state index in [1.807, 2.05) is 13.8 Å². The molecule has 0 spiro atoms. The lowest BCUT2D eigenvalue weighted by Crippen LogP contribution is -2.32. The predicted octanol–water partition coefficient (Wildman–Crippen LogP) is 7.20. The number of hydrogen-bond donors (Lipinski definition) is 2. The number of carbonyl (C=O) groups is 2. The van der Waals surface area contributed by atoms with Crippen LogP contribution in [0.4, 0.5) is 0 Å². The number of aromatic nitrogens is 3. The van der Waals surface area contributed by atoms with Crippen molar-refractivity contribution in [2.75, 3.05) is 13.2 Å². The lowest BCUT2D eigenvalue weighted by molar-refractivity contribution is -0.169. The number of esters is 2. The van der Waals surface area contributed by atoms with Gasteiger partial charge in [-0.2, -0.15) is 0 Å². The minimum absolute atomic E-state index is 0.0609. The fourth-order valence-electron chi connectivity index (χ4n) is 5.40. The summed E-state index contributed by atoms with van der Waals surface area (Å²) in [7, 11) is 0. The third-order valence-electron chi connectivity index (χ3n) is 8.13. The molecule has 0 saturated heterocycles. The van der Waals surface area contributed by atoms with E-state index >= 15 is 0 Å². The molecular weight excluding hydrogens is 594 g/mol. The van der Waals surface area contributed by atoms with E-state index in [2.05, 4.69) is 11.9 Å². The van der Waals surface area contributed by atoms with Crippen molar-refractivity contribution in [1.82, 2.24) is 14.1 Å². The first-order valence-corrected chi connectivity index (χ1v) is 17.6. The van der Waals surface area contributed by atoms with Crippen LogP contribution in [0.1, 0.15) is 124 Å². The van der Waals surface area contributed by atoms with Crippen molar-refractivity contribution in [3.63, 3.8) is 0 Å². The molecule has 0 aliphatic carbocycles. The van der Waals surface area contributed by atoms with E-state index in [0.717, 1.165) is 19.3 Å². The lowest BCUT2D eigenvalue weighted by atomic mass is 9.99. The number of nitrogens with zero attached hydrogens (tertiary/aromatic N) is 2. The molecule has 0 bridgehead atoms. The molecule has 2 unspecified atom stereocenters. The van der Waals surface area contributed by atoms with Gasteiger partial charge < -0.3 is 28.5 Å². The van der Waals surface area contributed by atoms with Gasteiger partial charge in [-0.3, -0.25) is 19.4 Å². The van der Waals surface area contributed by atoms with E-state index in [-0.39, 0.29) is 24.2 Å². The highest BCUT2D eigenvalue weighted by atomic mass is 32.1. The SMILES string of the molecule is CCCCCCCCCCCCCCCC(C(=O)OCn1ccc2c1c(=O)[nH]c(=S)n2CCOC(C)C)C(=O)OC(CC)CO. The first kappa shape index (κ1) is 38.7. The third kappa shape index (κ3) is 13.8. The molecule has 0 aliphatic heterocycles. The van der Waals surface area contributed by atoms with Crippen LogP contribution in [0.2, 0.25) is 0 Å². The molecule has 0 aromatic carbocycles. The summed E-state index contributed by atoms with van der Waals surface area (Å²) < 4.78 is 20.2. The number of aliphatic hydroxyl groups excluding tert-OH is 1. The number of unbranched alkanes of at least 4 members (excludes halogenated alkanes) is 12. The first-order chi connectivity index (χ1) is 21.7. The monoisotopic (exact) mass is 651 g/mol. The number of aromatic amines is 1. The smallest absolute Gasteiger partial charge is 0.322 e. The highest BCUT2D eigenvalue weighted by molar-refractivity contribution is 7.71. The number of ether oxygens (including phenoxy) is 3. The second kappa shape index (κ2) is 22.1. The van der Waals surface area contributed by atoms with Crippen LogP contribution in [0.5, 0.6) is 0 Å². The fraction of sp³-hybridized carbons (Fsp3) is 0.765. The van der Waals surface area contributed by atoms with Crippen LogP contribution >= 0.6 is 12.2 Å². The molecule has 0 aliphatic rings. The topological polar surface area (TPSA) is 125 Å². The first-order valence-electron chi connectivity index (χ1n) is 17.1. The van der Waals surface area contributed by atoms with Crippen molar-refractivity contribution < 1.29 is 28.9 Å². The van der Waals surface area contributed by atoms with E-state index in [1.165, 1.54) is 62.4 Å². The van der Waals surface area contributed by atoms with Gasteiger partial charge in [0.05, 0.1) is 24.8 Å². The van der Waals surface area contributed by atoms with Crippen molar-refractivity contribution in [2.45, 2.75) is 149 Å². The Kier molecular flexibility index (Phi) is 19.0. The van der Waals surface area contributed by atoms with Gasteiger partial charge in [-0.25, -0.2) is 0 Å². The maximum atomic E-state index is 13.2. The number of nitrogens with one attached hydrogen (secondary N) is 1. The predicted molar refractivity (Wildman–Crippen MR) is 180 cm³/mol. The summed E-state index contributed by atoms with van der Waals surface area (Å²) >= 11 is 5.37. The average molecular weight is 652 g/mol. The number of aliphatic hydroxyl groups is 1. The summed E-state index contributed by atoms with van der Waals surface area (Å²) in [6.07, 6.45) is 17.3. The highest BCUT2D eigenvalue weighted by Crippen LogP contribution is 2.19. The van der Waals surface area contributed by atoms with Gasteiger partial charge in [0.15, 0.2) is 17.4 Å². The van der Waals surface area contributed by atoms with Gasteiger partial charge in [-0.15, -0.1) is 0 Å². The molecule has 2 N–H and O–H groups in total. The van der Waals surface area contributed by atoms with Gasteiger partial charge in [0.1, 0.15) is 11.6 Å². The summed E-state index contributed by atoms with van der Waals surface area (Å²) in [5, 5.41) is 9.53. The van der Waals surface area contributed by atoms with Gasteiger partial charge in [-0.1, -0.05) is 97.3 Å². The van der Waals surface area contributed by atoms with Crippen LogP contribution in [-0.2, 0) is 37.1 Å². The molecule has 45 heavy (non-hydrogen) atoms. The molecule has 11 heteroatoms. The summed E-state index contributed by atoms with van der Waals surface area (Å²) in [5.74, 6) is -2.49. The Morgan fingerprint density at radius 2 is 1.53 bits per heavy atom. The zero-order valence-corrected chi connectivity index (χ0v) is 28.8. The summed E-state index contributed by atoms with van der Waals surface area (Å²) in [4.78, 5) is 41.7. The van der Waals surface area contributed by atoms with Crippen LogP contribution in [0.25, 0.3) is 11.0 Å². The lowest BCUT2D eigenvalue weighted by Gasteiger charge is -2.19. The van der Waals surface area contributed by atoms with E-state index in [0.29, 0.717) is 43.4 Å². The van der Waals surface area contributed by atoms with Crippen molar-refractivity contribution in [3.05, 3.63) is 27.4 Å². The molecule has 256 valence electrons. The van der Waals surface area contributed by atoms with Gasteiger partial charge in [0, 0.05) is 12.7 Å². The van der Waals surface area contributed by atoms with Gasteiger partial charge in [-0.05, 0) is 45.0 Å². The maximum Gasteiger partial charge on any atom is 0.322 e. The van der Waals surface area contributed by atoms with Gasteiger partial charge >= 0.3 is 11.9 Å². The normalized spacial score (nSPS) is 12.9. The largest absolute Gasteiger partial charge is 0.459 e. The number of hydrogen-bond acceptors (Lipinski definition) is 8. The molecule has 2 atom stereocenters. The summed E-state index contributed by atoms with van der Waals surface area (Å²) in [6.45, 7) is 8.25. The minimum Gasteiger partial charge on any atom is -0.459 e. The van der Waals surface area contributed by atoms with Crippen molar-refractivity contribution in [3.8, 4) is 0 Å². The van der Waals surface area contributed by atoms with E-state index in [9.17, 15) is 19.5 Å². The second-order valence-electron chi connectivity index (χ2n) is 12.2. The zero-order chi connectivity index (χ0) is 33.0. The Morgan fingerprint density at radius 1 is 0.933 bits per heavy atom. The molecular formula is C34H57N3O7S. The van der Waals surface area contributed by atoms with Crippen LogP contribution in [-0.4, -0.2) is 56.6 Å². The van der Waals surface area contributed by atoms with Crippen molar-refractivity contribution >= 4 is 35.2 Å². The average Bonchev–Trinajstić information content (AvgIpc) is 3.44. The highest BCUT2D eigenvalue weighted by Gasteiger charge is 2.31. The Labute approximate surface area is 273 Å². The molecule has 10 nitrogen and oxygen atoms in total. The second-order valence-corrected chi connectivity index (χ2v) is 12.6. The summed E-state index contributed by atoms with van der Waals surface area (Å²) in [6, 6.07) is 1.75. The molecule has 2 aromatic rings.